The first-order valence-corrected chi connectivity index (χ1v) is 4.82. The van der Waals surface area contributed by atoms with E-state index in [4.69, 9.17) is 17.2 Å². The van der Waals surface area contributed by atoms with Crippen molar-refractivity contribution in [3.63, 3.8) is 0 Å². The number of phenols is 1. The minimum atomic E-state index is 0.0737. The summed E-state index contributed by atoms with van der Waals surface area (Å²) in [6.45, 7) is 0. The van der Waals surface area contributed by atoms with Crippen LogP contribution in [0, 0.1) is 0 Å². The summed E-state index contributed by atoms with van der Waals surface area (Å²) in [5.74, 6) is 0.0737. The van der Waals surface area contributed by atoms with Crippen molar-refractivity contribution in [3.8, 4) is 16.9 Å². The van der Waals surface area contributed by atoms with E-state index in [2.05, 4.69) is 0 Å². The summed E-state index contributed by atoms with van der Waals surface area (Å²) < 4.78 is 0. The molecule has 16 heavy (non-hydrogen) atoms. The van der Waals surface area contributed by atoms with Crippen molar-refractivity contribution in [2.24, 2.45) is 0 Å². The molecule has 0 spiro atoms. The highest BCUT2D eigenvalue weighted by Gasteiger charge is 2.10. The van der Waals surface area contributed by atoms with Crippen LogP contribution in [0.25, 0.3) is 11.1 Å². The Morgan fingerprint density at radius 3 is 2.06 bits per heavy atom. The number of hydrogen-bond acceptors (Lipinski definition) is 4. The van der Waals surface area contributed by atoms with Gasteiger partial charge in [0.05, 0.1) is 0 Å². The standard InChI is InChI=1S/C12H13N3O/c13-7-4-5-8(11(16)6-7)12-9(14)2-1-3-10(12)15/h1-6,16H,13-15H2. The summed E-state index contributed by atoms with van der Waals surface area (Å²) in [7, 11) is 0. The molecule has 0 aliphatic carbocycles. The van der Waals surface area contributed by atoms with E-state index in [1.165, 1.54) is 6.07 Å². The molecule has 2 aromatic carbocycles. The molecule has 2 rings (SSSR count). The molecule has 0 heterocycles. The predicted molar refractivity (Wildman–Crippen MR) is 66.8 cm³/mol. The fourth-order valence-electron chi connectivity index (χ4n) is 1.66. The second-order valence-corrected chi connectivity index (χ2v) is 3.59. The third kappa shape index (κ3) is 1.61. The Kier molecular flexibility index (Phi) is 2.32. The molecular formula is C12H13N3O. The molecule has 0 bridgehead atoms. The number of hydrogen-bond donors (Lipinski definition) is 4. The van der Waals surface area contributed by atoms with Gasteiger partial charge in [-0.05, 0) is 24.3 Å². The van der Waals surface area contributed by atoms with Gasteiger partial charge in [-0.3, -0.25) is 0 Å². The molecule has 82 valence electrons. The Balaban J connectivity index is 2.68. The van der Waals surface area contributed by atoms with Gasteiger partial charge in [0.2, 0.25) is 0 Å². The molecule has 2 aromatic rings. The summed E-state index contributed by atoms with van der Waals surface area (Å²) in [5.41, 5.74) is 20.0. The van der Waals surface area contributed by atoms with Gasteiger partial charge in [0, 0.05) is 34.3 Å². The second-order valence-electron chi connectivity index (χ2n) is 3.59. The summed E-state index contributed by atoms with van der Waals surface area (Å²) in [5, 5.41) is 9.80. The SMILES string of the molecule is Nc1ccc(-c2c(N)cccc2N)c(O)c1. The summed E-state index contributed by atoms with van der Waals surface area (Å²) in [4.78, 5) is 0. The van der Waals surface area contributed by atoms with Crippen molar-refractivity contribution in [1.29, 1.82) is 0 Å². The van der Waals surface area contributed by atoms with Crippen molar-refractivity contribution >= 4 is 17.1 Å². The van der Waals surface area contributed by atoms with Gasteiger partial charge in [-0.1, -0.05) is 6.07 Å². The van der Waals surface area contributed by atoms with Crippen LogP contribution in [0.2, 0.25) is 0 Å². The Hall–Kier alpha value is -2.36. The minimum absolute atomic E-state index is 0.0737. The molecule has 0 aliphatic rings. The lowest BCUT2D eigenvalue weighted by Crippen LogP contribution is -1.96. The quantitative estimate of drug-likeness (QED) is 0.545. The Morgan fingerprint density at radius 1 is 0.875 bits per heavy atom. The molecule has 4 nitrogen and oxygen atoms in total. The molecule has 0 aliphatic heterocycles. The van der Waals surface area contributed by atoms with Crippen LogP contribution in [-0.4, -0.2) is 5.11 Å². The van der Waals surface area contributed by atoms with Crippen LogP contribution in [0.1, 0.15) is 0 Å². The summed E-state index contributed by atoms with van der Waals surface area (Å²) in [6.07, 6.45) is 0. The Labute approximate surface area is 93.3 Å². The van der Waals surface area contributed by atoms with Gasteiger partial charge in [-0.15, -0.1) is 0 Å². The number of nitrogens with two attached hydrogens (primary N) is 3. The molecule has 0 atom stereocenters. The zero-order valence-corrected chi connectivity index (χ0v) is 8.64. The number of nitrogen functional groups attached to an aromatic ring is 3. The lowest BCUT2D eigenvalue weighted by atomic mass is 10.0. The normalized spacial score (nSPS) is 10.2. The lowest BCUT2D eigenvalue weighted by Gasteiger charge is -2.11. The summed E-state index contributed by atoms with van der Waals surface area (Å²) >= 11 is 0. The molecule has 0 unspecified atom stereocenters. The number of rotatable bonds is 1. The third-order valence-electron chi connectivity index (χ3n) is 2.42. The number of aromatic hydroxyl groups is 1. The molecule has 0 saturated carbocycles. The smallest absolute Gasteiger partial charge is 0.125 e. The zero-order valence-electron chi connectivity index (χ0n) is 8.64. The molecule has 0 amide bonds. The third-order valence-corrected chi connectivity index (χ3v) is 2.42. The van der Waals surface area contributed by atoms with E-state index in [-0.39, 0.29) is 5.75 Å². The van der Waals surface area contributed by atoms with Crippen molar-refractivity contribution in [1.82, 2.24) is 0 Å². The van der Waals surface area contributed by atoms with Crippen molar-refractivity contribution in [3.05, 3.63) is 36.4 Å². The van der Waals surface area contributed by atoms with E-state index in [1.807, 2.05) is 0 Å². The van der Waals surface area contributed by atoms with Crippen molar-refractivity contribution in [2.45, 2.75) is 0 Å². The van der Waals surface area contributed by atoms with E-state index in [0.29, 0.717) is 28.2 Å². The number of anilines is 3. The minimum Gasteiger partial charge on any atom is -0.507 e. The highest BCUT2D eigenvalue weighted by atomic mass is 16.3. The molecular weight excluding hydrogens is 202 g/mol. The predicted octanol–water partition coefficient (Wildman–Crippen LogP) is 1.81. The van der Waals surface area contributed by atoms with Gasteiger partial charge in [0.15, 0.2) is 0 Å². The van der Waals surface area contributed by atoms with Crippen LogP contribution in [-0.2, 0) is 0 Å². The number of benzene rings is 2. The van der Waals surface area contributed by atoms with E-state index < -0.39 is 0 Å². The molecule has 0 saturated heterocycles. The fraction of sp³-hybridized carbons (Fsp3) is 0. The first-order chi connectivity index (χ1) is 7.59. The van der Waals surface area contributed by atoms with Gasteiger partial charge in [0.1, 0.15) is 5.75 Å². The van der Waals surface area contributed by atoms with E-state index in [1.54, 1.807) is 30.3 Å². The fourth-order valence-corrected chi connectivity index (χ4v) is 1.66. The van der Waals surface area contributed by atoms with Gasteiger partial charge in [-0.2, -0.15) is 0 Å². The van der Waals surface area contributed by atoms with Crippen LogP contribution >= 0.6 is 0 Å². The molecule has 7 N–H and O–H groups in total. The Bertz CT molecular complexity index is 518. The first-order valence-electron chi connectivity index (χ1n) is 4.82. The second kappa shape index (κ2) is 3.66. The monoisotopic (exact) mass is 215 g/mol. The molecule has 0 radical (unpaired) electrons. The van der Waals surface area contributed by atoms with E-state index >= 15 is 0 Å². The number of phenolic OH excluding ortho intramolecular Hbond substituents is 1. The molecule has 4 heteroatoms. The summed E-state index contributed by atoms with van der Waals surface area (Å²) in [6, 6.07) is 10.1. The van der Waals surface area contributed by atoms with Crippen molar-refractivity contribution < 1.29 is 5.11 Å². The average molecular weight is 215 g/mol. The van der Waals surface area contributed by atoms with Gasteiger partial charge < -0.3 is 22.3 Å². The zero-order chi connectivity index (χ0) is 11.7. The van der Waals surface area contributed by atoms with Gasteiger partial charge in [0.25, 0.3) is 0 Å². The van der Waals surface area contributed by atoms with Crippen molar-refractivity contribution in [2.75, 3.05) is 17.2 Å². The Morgan fingerprint density at radius 2 is 1.50 bits per heavy atom. The van der Waals surface area contributed by atoms with Crippen LogP contribution in [0.4, 0.5) is 17.1 Å². The van der Waals surface area contributed by atoms with Gasteiger partial charge >= 0.3 is 0 Å². The van der Waals surface area contributed by atoms with Crippen LogP contribution in [0.3, 0.4) is 0 Å². The highest BCUT2D eigenvalue weighted by Crippen LogP contribution is 2.37. The molecule has 0 fully saturated rings. The van der Waals surface area contributed by atoms with Crippen LogP contribution < -0.4 is 17.2 Å². The maximum Gasteiger partial charge on any atom is 0.125 e. The topological polar surface area (TPSA) is 98.3 Å². The van der Waals surface area contributed by atoms with Gasteiger partial charge in [-0.25, -0.2) is 0 Å². The average Bonchev–Trinajstić information content (AvgIpc) is 2.20. The van der Waals surface area contributed by atoms with Crippen LogP contribution in [0.5, 0.6) is 5.75 Å². The first kappa shape index (κ1) is 10.2. The largest absolute Gasteiger partial charge is 0.507 e. The lowest BCUT2D eigenvalue weighted by molar-refractivity contribution is 0.477. The maximum atomic E-state index is 9.80. The van der Waals surface area contributed by atoms with E-state index in [9.17, 15) is 5.11 Å². The molecule has 0 aromatic heterocycles. The highest BCUT2D eigenvalue weighted by molar-refractivity contribution is 5.89. The maximum absolute atomic E-state index is 9.80. The van der Waals surface area contributed by atoms with Crippen LogP contribution in [0.15, 0.2) is 36.4 Å². The van der Waals surface area contributed by atoms with E-state index in [0.717, 1.165) is 0 Å².